The van der Waals surface area contributed by atoms with E-state index >= 15 is 0 Å². The monoisotopic (exact) mass is 482 g/mol. The van der Waals surface area contributed by atoms with Gasteiger partial charge < -0.3 is 9.32 Å². The first-order chi connectivity index (χ1) is 14.7. The van der Waals surface area contributed by atoms with Crippen LogP contribution in [0.5, 0.6) is 0 Å². The molecule has 0 atom stereocenters. The molecule has 0 saturated carbocycles. The number of amides is 1. The molecule has 2 aromatic heterocycles. The van der Waals surface area contributed by atoms with Gasteiger partial charge in [-0.3, -0.25) is 9.89 Å². The van der Waals surface area contributed by atoms with Crippen molar-refractivity contribution < 1.29 is 9.21 Å². The van der Waals surface area contributed by atoms with Gasteiger partial charge >= 0.3 is 0 Å². The Bertz CT molecular complexity index is 1100. The van der Waals surface area contributed by atoms with Gasteiger partial charge in [-0.25, -0.2) is 4.98 Å². The zero-order valence-electron chi connectivity index (χ0n) is 16.0. The summed E-state index contributed by atoms with van der Waals surface area (Å²) in [6.07, 6.45) is 1.62. The van der Waals surface area contributed by atoms with Crippen LogP contribution in [0.4, 0.5) is 0 Å². The van der Waals surface area contributed by atoms with Crippen molar-refractivity contribution in [3.8, 4) is 11.4 Å². The van der Waals surface area contributed by atoms with Crippen molar-refractivity contribution in [1.29, 1.82) is 0 Å². The van der Waals surface area contributed by atoms with Crippen molar-refractivity contribution in [2.24, 2.45) is 0 Å². The Balaban J connectivity index is 1.43. The van der Waals surface area contributed by atoms with Crippen LogP contribution in [0.25, 0.3) is 11.4 Å². The standard InChI is InChI=1S/C22H19BrN4O2S/c23-19-11-5-4-10-18(19)21-24-22(26-25-21)30-15-20(28)27(14-17-9-6-12-29-17)13-16-7-2-1-3-8-16/h1-12H,13-15H2,(H,24,25,26). The smallest absolute Gasteiger partial charge is 0.233 e. The van der Waals surface area contributed by atoms with E-state index < -0.39 is 0 Å². The molecular weight excluding hydrogens is 464 g/mol. The lowest BCUT2D eigenvalue weighted by Gasteiger charge is -2.21. The Morgan fingerprint density at radius 3 is 2.60 bits per heavy atom. The predicted octanol–water partition coefficient (Wildman–Crippen LogP) is 5.15. The Labute approximate surface area is 186 Å². The molecule has 1 N–H and O–H groups in total. The molecule has 4 aromatic rings. The van der Waals surface area contributed by atoms with E-state index in [1.54, 1.807) is 11.2 Å². The number of nitrogens with one attached hydrogen (secondary N) is 1. The van der Waals surface area contributed by atoms with Crippen molar-refractivity contribution >= 4 is 33.6 Å². The van der Waals surface area contributed by atoms with Crippen LogP contribution >= 0.6 is 27.7 Å². The quantitative estimate of drug-likeness (QED) is 0.351. The zero-order chi connectivity index (χ0) is 20.8. The maximum Gasteiger partial charge on any atom is 0.233 e. The minimum absolute atomic E-state index is 0.00695. The van der Waals surface area contributed by atoms with Crippen LogP contribution in [0, 0.1) is 0 Å². The van der Waals surface area contributed by atoms with E-state index in [-0.39, 0.29) is 11.7 Å². The summed E-state index contributed by atoms with van der Waals surface area (Å²) in [4.78, 5) is 19.3. The van der Waals surface area contributed by atoms with E-state index in [0.29, 0.717) is 24.1 Å². The minimum Gasteiger partial charge on any atom is -0.467 e. The normalized spacial score (nSPS) is 10.8. The second-order valence-corrected chi connectivity index (χ2v) is 8.35. The molecule has 0 saturated heterocycles. The van der Waals surface area contributed by atoms with Gasteiger partial charge in [-0.1, -0.05) is 76.2 Å². The number of furan rings is 1. The Morgan fingerprint density at radius 1 is 1.03 bits per heavy atom. The number of aromatic amines is 1. The van der Waals surface area contributed by atoms with E-state index in [4.69, 9.17) is 4.42 Å². The van der Waals surface area contributed by atoms with Crippen molar-refractivity contribution in [2.45, 2.75) is 18.2 Å². The molecule has 0 radical (unpaired) electrons. The van der Waals surface area contributed by atoms with Gasteiger partial charge in [0.15, 0.2) is 5.82 Å². The summed E-state index contributed by atoms with van der Waals surface area (Å²) in [5.74, 6) is 1.64. The second-order valence-electron chi connectivity index (χ2n) is 6.55. The van der Waals surface area contributed by atoms with Crippen LogP contribution in [0.15, 0.2) is 87.0 Å². The van der Waals surface area contributed by atoms with Gasteiger partial charge in [0.25, 0.3) is 0 Å². The first-order valence-electron chi connectivity index (χ1n) is 9.33. The van der Waals surface area contributed by atoms with Crippen molar-refractivity contribution in [3.05, 3.63) is 88.8 Å². The van der Waals surface area contributed by atoms with Gasteiger partial charge in [-0.05, 0) is 23.8 Å². The van der Waals surface area contributed by atoms with Gasteiger partial charge in [0.05, 0.1) is 18.6 Å². The molecule has 0 spiro atoms. The Morgan fingerprint density at radius 2 is 1.83 bits per heavy atom. The molecule has 30 heavy (non-hydrogen) atoms. The van der Waals surface area contributed by atoms with Crippen molar-refractivity contribution in [2.75, 3.05) is 5.75 Å². The molecule has 2 aromatic carbocycles. The molecule has 1 amide bonds. The topological polar surface area (TPSA) is 75.0 Å². The highest BCUT2D eigenvalue weighted by Gasteiger charge is 2.18. The third-order valence-corrected chi connectivity index (χ3v) is 5.94. The van der Waals surface area contributed by atoms with Gasteiger partial charge in [0.2, 0.25) is 11.1 Å². The number of halogens is 1. The fourth-order valence-electron chi connectivity index (χ4n) is 2.93. The molecule has 0 fully saturated rings. The van der Waals surface area contributed by atoms with Crippen LogP contribution in [0.3, 0.4) is 0 Å². The van der Waals surface area contributed by atoms with Crippen LogP contribution in [-0.2, 0) is 17.9 Å². The lowest BCUT2D eigenvalue weighted by molar-refractivity contribution is -0.129. The molecule has 152 valence electrons. The minimum atomic E-state index is -0.00695. The number of H-pyrrole nitrogens is 1. The summed E-state index contributed by atoms with van der Waals surface area (Å²) in [5.41, 5.74) is 1.99. The fourth-order valence-corrected chi connectivity index (χ4v) is 4.10. The molecule has 4 rings (SSSR count). The number of aromatic nitrogens is 3. The summed E-state index contributed by atoms with van der Waals surface area (Å²) in [6.45, 7) is 0.925. The molecule has 0 aliphatic heterocycles. The van der Waals surface area contributed by atoms with Gasteiger partial charge in [-0.15, -0.1) is 5.10 Å². The van der Waals surface area contributed by atoms with E-state index in [2.05, 4.69) is 31.1 Å². The second kappa shape index (κ2) is 9.77. The maximum atomic E-state index is 13.0. The highest BCUT2D eigenvalue weighted by atomic mass is 79.9. The first kappa shape index (κ1) is 20.4. The molecule has 0 aliphatic rings. The number of thioether (sulfide) groups is 1. The Kier molecular flexibility index (Phi) is 6.66. The molecule has 8 heteroatoms. The molecule has 6 nitrogen and oxygen atoms in total. The van der Waals surface area contributed by atoms with Gasteiger partial charge in [0.1, 0.15) is 5.76 Å². The van der Waals surface area contributed by atoms with E-state index in [1.807, 2.05) is 66.7 Å². The van der Waals surface area contributed by atoms with Crippen LogP contribution in [0.2, 0.25) is 0 Å². The van der Waals surface area contributed by atoms with E-state index in [0.717, 1.165) is 21.4 Å². The Hall–Kier alpha value is -2.84. The third kappa shape index (κ3) is 5.20. The zero-order valence-corrected chi connectivity index (χ0v) is 18.4. The lowest BCUT2D eigenvalue weighted by Crippen LogP contribution is -2.31. The lowest BCUT2D eigenvalue weighted by atomic mass is 10.2. The first-order valence-corrected chi connectivity index (χ1v) is 11.1. The molecule has 2 heterocycles. The number of rotatable bonds is 8. The van der Waals surface area contributed by atoms with Crippen LogP contribution in [0.1, 0.15) is 11.3 Å². The van der Waals surface area contributed by atoms with Gasteiger partial charge in [0, 0.05) is 16.6 Å². The van der Waals surface area contributed by atoms with Gasteiger partial charge in [-0.2, -0.15) is 0 Å². The number of hydrogen-bond acceptors (Lipinski definition) is 5. The largest absolute Gasteiger partial charge is 0.467 e. The summed E-state index contributed by atoms with van der Waals surface area (Å²) < 4.78 is 6.38. The molecule has 0 unspecified atom stereocenters. The average Bonchev–Trinajstić information content (AvgIpc) is 3.45. The number of carbonyl (C=O) groups excluding carboxylic acids is 1. The highest BCUT2D eigenvalue weighted by Crippen LogP contribution is 2.26. The number of benzene rings is 2. The van der Waals surface area contributed by atoms with Crippen molar-refractivity contribution in [3.63, 3.8) is 0 Å². The summed E-state index contributed by atoms with van der Waals surface area (Å²) >= 11 is 4.83. The molecule has 0 bridgehead atoms. The number of carbonyl (C=O) groups is 1. The summed E-state index contributed by atoms with van der Waals surface area (Å²) in [6, 6.07) is 21.4. The third-order valence-electron chi connectivity index (χ3n) is 4.41. The van der Waals surface area contributed by atoms with Crippen LogP contribution in [-0.4, -0.2) is 31.7 Å². The molecular formula is C22H19BrN4O2S. The summed E-state index contributed by atoms with van der Waals surface area (Å²) in [5, 5.41) is 7.72. The predicted molar refractivity (Wildman–Crippen MR) is 120 cm³/mol. The van der Waals surface area contributed by atoms with Crippen LogP contribution < -0.4 is 0 Å². The van der Waals surface area contributed by atoms with E-state index in [9.17, 15) is 4.79 Å². The SMILES string of the molecule is O=C(CSc1n[nH]c(-c2ccccc2Br)n1)N(Cc1ccccc1)Cc1ccco1. The van der Waals surface area contributed by atoms with E-state index in [1.165, 1.54) is 11.8 Å². The maximum absolute atomic E-state index is 13.0. The number of hydrogen-bond donors (Lipinski definition) is 1. The highest BCUT2D eigenvalue weighted by molar-refractivity contribution is 9.10. The summed E-state index contributed by atoms with van der Waals surface area (Å²) in [7, 11) is 0. The van der Waals surface area contributed by atoms with Crippen molar-refractivity contribution in [1.82, 2.24) is 20.1 Å². The fraction of sp³-hybridized carbons (Fsp3) is 0.136. The number of nitrogens with zero attached hydrogens (tertiary/aromatic N) is 3. The average molecular weight is 483 g/mol. The molecule has 0 aliphatic carbocycles.